The highest BCUT2D eigenvalue weighted by Gasteiger charge is 2.20. The van der Waals surface area contributed by atoms with Gasteiger partial charge in [-0.2, -0.15) is 10.1 Å². The van der Waals surface area contributed by atoms with E-state index in [1.54, 1.807) is 6.20 Å². The molecule has 0 fully saturated rings. The molecule has 2 heterocycles. The third kappa shape index (κ3) is 3.03. The van der Waals surface area contributed by atoms with Crippen molar-refractivity contribution in [3.05, 3.63) is 65.3 Å². The summed E-state index contributed by atoms with van der Waals surface area (Å²) in [7, 11) is 0. The minimum Gasteiger partial charge on any atom is -0.339 e. The summed E-state index contributed by atoms with van der Waals surface area (Å²) in [5.74, 6) is 1.25. The quantitative estimate of drug-likeness (QED) is 0.770. The molecule has 0 bridgehead atoms. The lowest BCUT2D eigenvalue weighted by Crippen LogP contribution is -2.26. The van der Waals surface area contributed by atoms with E-state index in [1.807, 2.05) is 30.3 Å². The predicted molar refractivity (Wildman–Crippen MR) is 96.3 cm³/mol. The van der Waals surface area contributed by atoms with Gasteiger partial charge < -0.3 is 10.2 Å². The number of nitrogens with zero attached hydrogens (tertiary/aromatic N) is 4. The lowest BCUT2D eigenvalue weighted by Gasteiger charge is -2.29. The molecule has 6 heteroatoms. The van der Waals surface area contributed by atoms with Crippen molar-refractivity contribution in [1.82, 2.24) is 15.2 Å². The Balaban J connectivity index is 1.64. The van der Waals surface area contributed by atoms with Gasteiger partial charge in [0.25, 0.3) is 5.95 Å². The monoisotopic (exact) mass is 337 g/mol. The third-order valence-corrected chi connectivity index (χ3v) is 4.23. The molecule has 0 amide bonds. The Bertz CT molecular complexity index is 867. The van der Waals surface area contributed by atoms with Gasteiger partial charge in [-0.05, 0) is 42.7 Å². The average molecular weight is 338 g/mol. The number of aromatic nitrogens is 3. The molecule has 1 aliphatic rings. The zero-order valence-corrected chi connectivity index (χ0v) is 13.7. The normalized spacial score (nSPS) is 13.5. The van der Waals surface area contributed by atoms with E-state index in [9.17, 15) is 0 Å². The van der Waals surface area contributed by atoms with Crippen molar-refractivity contribution in [1.29, 1.82) is 0 Å². The fraction of sp³-hybridized carbons (Fsp3) is 0.167. The van der Waals surface area contributed by atoms with Crippen LogP contribution in [0.4, 0.5) is 23.1 Å². The zero-order chi connectivity index (χ0) is 16.4. The van der Waals surface area contributed by atoms with Gasteiger partial charge in [0, 0.05) is 22.9 Å². The number of benzene rings is 2. The maximum absolute atomic E-state index is 6.02. The van der Waals surface area contributed by atoms with E-state index in [2.05, 4.69) is 43.6 Å². The number of hydrogen-bond acceptors (Lipinski definition) is 5. The minimum absolute atomic E-state index is 0.606. The predicted octanol–water partition coefficient (Wildman–Crippen LogP) is 4.35. The van der Waals surface area contributed by atoms with Crippen LogP contribution in [-0.4, -0.2) is 21.7 Å². The Morgan fingerprint density at radius 1 is 1.08 bits per heavy atom. The second kappa shape index (κ2) is 6.45. The molecule has 0 saturated heterocycles. The van der Waals surface area contributed by atoms with Crippen LogP contribution in [0.5, 0.6) is 0 Å². The summed E-state index contributed by atoms with van der Waals surface area (Å²) in [6.07, 6.45) is 3.77. The van der Waals surface area contributed by atoms with Gasteiger partial charge in [-0.1, -0.05) is 35.9 Å². The van der Waals surface area contributed by atoms with Crippen LogP contribution in [0.1, 0.15) is 12.0 Å². The lowest BCUT2D eigenvalue weighted by molar-refractivity contribution is 0.742. The molecule has 0 atom stereocenters. The van der Waals surface area contributed by atoms with Gasteiger partial charge in [0.15, 0.2) is 5.82 Å². The largest absolute Gasteiger partial charge is 0.339 e. The van der Waals surface area contributed by atoms with E-state index < -0.39 is 0 Å². The topological polar surface area (TPSA) is 53.9 Å². The van der Waals surface area contributed by atoms with Crippen LogP contribution < -0.4 is 10.2 Å². The first-order chi connectivity index (χ1) is 11.8. The van der Waals surface area contributed by atoms with Crippen molar-refractivity contribution < 1.29 is 0 Å². The van der Waals surface area contributed by atoms with E-state index in [-0.39, 0.29) is 0 Å². The molecule has 0 aliphatic carbocycles. The first kappa shape index (κ1) is 14.9. The number of hydrogen-bond donors (Lipinski definition) is 1. The van der Waals surface area contributed by atoms with Crippen molar-refractivity contribution in [3.63, 3.8) is 0 Å². The molecule has 4 rings (SSSR count). The smallest absolute Gasteiger partial charge is 0.251 e. The Kier molecular flexibility index (Phi) is 4.01. The first-order valence-electron chi connectivity index (χ1n) is 7.87. The van der Waals surface area contributed by atoms with Gasteiger partial charge in [-0.15, -0.1) is 5.10 Å². The number of fused-ring (bicyclic) bond motifs is 1. The SMILES string of the molecule is Clc1cccc(Nc2cnnc(N3CCCc4ccccc43)n2)c1. The molecule has 24 heavy (non-hydrogen) atoms. The van der Waals surface area contributed by atoms with Crippen LogP contribution in [0.2, 0.25) is 5.02 Å². The molecule has 0 saturated carbocycles. The molecule has 3 aromatic rings. The summed E-state index contributed by atoms with van der Waals surface area (Å²) in [5.41, 5.74) is 3.35. The molecule has 0 radical (unpaired) electrons. The molecule has 120 valence electrons. The Morgan fingerprint density at radius 3 is 2.92 bits per heavy atom. The van der Waals surface area contributed by atoms with E-state index in [0.29, 0.717) is 16.8 Å². The number of anilines is 4. The summed E-state index contributed by atoms with van der Waals surface area (Å²) < 4.78 is 0. The lowest BCUT2D eigenvalue weighted by atomic mass is 10.0. The summed E-state index contributed by atoms with van der Waals surface area (Å²) >= 11 is 6.02. The zero-order valence-electron chi connectivity index (χ0n) is 13.0. The van der Waals surface area contributed by atoms with Crippen LogP contribution in [0.15, 0.2) is 54.7 Å². The molecule has 1 aliphatic heterocycles. The number of aryl methyl sites for hydroxylation is 1. The molecular weight excluding hydrogens is 322 g/mol. The Morgan fingerprint density at radius 2 is 2.00 bits per heavy atom. The van der Waals surface area contributed by atoms with Crippen molar-refractivity contribution in [2.75, 3.05) is 16.8 Å². The fourth-order valence-electron chi connectivity index (χ4n) is 2.92. The van der Waals surface area contributed by atoms with Crippen LogP contribution in [0.3, 0.4) is 0 Å². The molecule has 2 aromatic carbocycles. The highest BCUT2D eigenvalue weighted by atomic mass is 35.5. The molecular formula is C18H16ClN5. The average Bonchev–Trinajstić information content (AvgIpc) is 2.61. The molecule has 5 nitrogen and oxygen atoms in total. The molecule has 1 aromatic heterocycles. The molecule has 1 N–H and O–H groups in total. The second-order valence-electron chi connectivity index (χ2n) is 5.66. The minimum atomic E-state index is 0.606. The van der Waals surface area contributed by atoms with Gasteiger partial charge in [-0.3, -0.25) is 0 Å². The number of halogens is 1. The van der Waals surface area contributed by atoms with Crippen molar-refractivity contribution in [2.45, 2.75) is 12.8 Å². The van der Waals surface area contributed by atoms with Crippen LogP contribution >= 0.6 is 11.6 Å². The van der Waals surface area contributed by atoms with Gasteiger partial charge in [0.1, 0.15) is 0 Å². The molecule has 0 unspecified atom stereocenters. The third-order valence-electron chi connectivity index (χ3n) is 4.00. The highest BCUT2D eigenvalue weighted by molar-refractivity contribution is 6.30. The van der Waals surface area contributed by atoms with E-state index in [0.717, 1.165) is 30.8 Å². The summed E-state index contributed by atoms with van der Waals surface area (Å²) in [4.78, 5) is 6.74. The van der Waals surface area contributed by atoms with E-state index >= 15 is 0 Å². The van der Waals surface area contributed by atoms with E-state index in [4.69, 9.17) is 11.6 Å². The molecule has 0 spiro atoms. The van der Waals surface area contributed by atoms with Crippen LogP contribution in [-0.2, 0) is 6.42 Å². The van der Waals surface area contributed by atoms with Gasteiger partial charge >= 0.3 is 0 Å². The maximum atomic E-state index is 6.02. The summed E-state index contributed by atoms with van der Waals surface area (Å²) in [6, 6.07) is 15.9. The van der Waals surface area contributed by atoms with Crippen molar-refractivity contribution >= 4 is 34.7 Å². The number of rotatable bonds is 3. The van der Waals surface area contributed by atoms with E-state index in [1.165, 1.54) is 5.56 Å². The van der Waals surface area contributed by atoms with Crippen LogP contribution in [0, 0.1) is 0 Å². The summed E-state index contributed by atoms with van der Waals surface area (Å²) in [5, 5.41) is 12.2. The van der Waals surface area contributed by atoms with Gasteiger partial charge in [0.2, 0.25) is 0 Å². The van der Waals surface area contributed by atoms with Gasteiger partial charge in [-0.25, -0.2) is 0 Å². The highest BCUT2D eigenvalue weighted by Crippen LogP contribution is 2.31. The van der Waals surface area contributed by atoms with Gasteiger partial charge in [0.05, 0.1) is 6.20 Å². The second-order valence-corrected chi connectivity index (χ2v) is 6.10. The van der Waals surface area contributed by atoms with Crippen molar-refractivity contribution in [3.8, 4) is 0 Å². The Hall–Kier alpha value is -2.66. The Labute approximate surface area is 145 Å². The van der Waals surface area contributed by atoms with Crippen molar-refractivity contribution in [2.24, 2.45) is 0 Å². The first-order valence-corrected chi connectivity index (χ1v) is 8.25. The maximum Gasteiger partial charge on any atom is 0.251 e. The summed E-state index contributed by atoms with van der Waals surface area (Å²) in [6.45, 7) is 0.888. The standard InChI is InChI=1S/C18H16ClN5/c19-14-7-3-8-15(11-14)21-17-12-20-23-18(22-17)24-10-4-6-13-5-1-2-9-16(13)24/h1-3,5,7-9,11-12H,4,6,10H2,(H,21,22,23). The number of nitrogens with one attached hydrogen (secondary N) is 1. The van der Waals surface area contributed by atoms with Crippen LogP contribution in [0.25, 0.3) is 0 Å². The fourth-order valence-corrected chi connectivity index (χ4v) is 3.11. The number of para-hydroxylation sites is 1.